The molecule has 0 aliphatic carbocycles. The Labute approximate surface area is 78.0 Å². The number of hydrogen-bond donors (Lipinski definition) is 1. The molecule has 0 bridgehead atoms. The van der Waals surface area contributed by atoms with Gasteiger partial charge in [-0.2, -0.15) is 0 Å². The summed E-state index contributed by atoms with van der Waals surface area (Å²) >= 11 is 0. The molecule has 0 spiro atoms. The molecule has 4 heteroatoms. The molecule has 0 saturated carbocycles. The minimum Gasteiger partial charge on any atom is -0.467 e. The highest BCUT2D eigenvalue weighted by molar-refractivity contribution is 5.84. The first-order chi connectivity index (χ1) is 6.11. The van der Waals surface area contributed by atoms with Crippen molar-refractivity contribution >= 4 is 11.9 Å². The van der Waals surface area contributed by atoms with Crippen LogP contribution in [0.5, 0.6) is 0 Å². The summed E-state index contributed by atoms with van der Waals surface area (Å²) in [4.78, 5) is 21.9. The molecule has 0 aromatic carbocycles. The van der Waals surface area contributed by atoms with E-state index in [1.807, 2.05) is 6.92 Å². The largest absolute Gasteiger partial charge is 0.467 e. The Morgan fingerprint density at radius 1 is 1.54 bits per heavy atom. The number of amides is 1. The van der Waals surface area contributed by atoms with E-state index in [-0.39, 0.29) is 12.3 Å². The summed E-state index contributed by atoms with van der Waals surface area (Å²) in [5.41, 5.74) is 0. The highest BCUT2D eigenvalue weighted by atomic mass is 16.5. The lowest BCUT2D eigenvalue weighted by molar-refractivity contribution is -0.144. The third kappa shape index (κ3) is 5.00. The molecule has 0 fully saturated rings. The maximum atomic E-state index is 11.1. The topological polar surface area (TPSA) is 55.4 Å². The van der Waals surface area contributed by atoms with Crippen LogP contribution in [0.1, 0.15) is 20.3 Å². The zero-order valence-corrected chi connectivity index (χ0v) is 8.16. The average Bonchev–Trinajstić information content (AvgIpc) is 2.13. The van der Waals surface area contributed by atoms with Crippen LogP contribution in [0.2, 0.25) is 0 Å². The molecule has 0 saturated heterocycles. The number of esters is 1. The van der Waals surface area contributed by atoms with Crippen molar-refractivity contribution in [1.82, 2.24) is 5.32 Å². The summed E-state index contributed by atoms with van der Waals surface area (Å²) in [6.07, 6.45) is 3.79. The number of allylic oxidation sites excluding steroid dienone is 1. The van der Waals surface area contributed by atoms with Gasteiger partial charge in [-0.15, -0.1) is 0 Å². The number of ether oxygens (including phenoxy) is 1. The molecule has 0 radical (unpaired) electrons. The second-order valence-corrected chi connectivity index (χ2v) is 2.59. The van der Waals surface area contributed by atoms with Gasteiger partial charge in [-0.05, 0) is 13.8 Å². The first-order valence-corrected chi connectivity index (χ1v) is 4.10. The van der Waals surface area contributed by atoms with Crippen molar-refractivity contribution in [3.05, 3.63) is 12.2 Å². The van der Waals surface area contributed by atoms with Crippen molar-refractivity contribution in [2.24, 2.45) is 0 Å². The fraction of sp³-hybridized carbons (Fsp3) is 0.556. The standard InChI is InChI=1S/C9H15NO3/c1-4-5-6-8(11)10-7(2)9(12)13-3/h4-5,7H,6H2,1-3H3,(H,10,11)/b5-4+/t7-/m0/s1. The zero-order chi connectivity index (χ0) is 10.3. The normalized spacial score (nSPS) is 12.5. The van der Waals surface area contributed by atoms with E-state index in [9.17, 15) is 9.59 Å². The Hall–Kier alpha value is -1.32. The molecule has 0 heterocycles. The van der Waals surface area contributed by atoms with E-state index < -0.39 is 12.0 Å². The molecule has 13 heavy (non-hydrogen) atoms. The lowest BCUT2D eigenvalue weighted by atomic mass is 10.3. The summed E-state index contributed by atoms with van der Waals surface area (Å²) in [6.45, 7) is 3.41. The molecule has 0 aromatic heterocycles. The van der Waals surface area contributed by atoms with E-state index in [4.69, 9.17) is 0 Å². The maximum Gasteiger partial charge on any atom is 0.328 e. The molecular weight excluding hydrogens is 170 g/mol. The number of carbonyl (C=O) groups excluding carboxylic acids is 2. The molecular formula is C9H15NO3. The van der Waals surface area contributed by atoms with Crippen LogP contribution in [-0.4, -0.2) is 25.0 Å². The van der Waals surface area contributed by atoms with Crippen LogP contribution in [0.3, 0.4) is 0 Å². The number of nitrogens with one attached hydrogen (secondary N) is 1. The summed E-state index contributed by atoms with van der Waals surface area (Å²) in [5.74, 6) is -0.621. The second-order valence-electron chi connectivity index (χ2n) is 2.59. The summed E-state index contributed by atoms with van der Waals surface area (Å²) in [7, 11) is 1.29. The Morgan fingerprint density at radius 2 is 2.15 bits per heavy atom. The molecule has 0 aliphatic heterocycles. The molecule has 0 aromatic rings. The van der Waals surface area contributed by atoms with Crippen LogP contribution in [0.15, 0.2) is 12.2 Å². The Balaban J connectivity index is 3.84. The van der Waals surface area contributed by atoms with Crippen LogP contribution in [-0.2, 0) is 14.3 Å². The van der Waals surface area contributed by atoms with Crippen molar-refractivity contribution in [3.63, 3.8) is 0 Å². The van der Waals surface area contributed by atoms with Gasteiger partial charge in [0.2, 0.25) is 5.91 Å². The Kier molecular flexibility index (Phi) is 5.59. The quantitative estimate of drug-likeness (QED) is 0.516. The SMILES string of the molecule is C/C=C/CC(=O)N[C@@H](C)C(=O)OC. The van der Waals surface area contributed by atoms with Gasteiger partial charge in [-0.25, -0.2) is 4.79 Å². The first kappa shape index (κ1) is 11.7. The summed E-state index contributed by atoms with van der Waals surface area (Å²) < 4.78 is 4.45. The number of carbonyl (C=O) groups is 2. The highest BCUT2D eigenvalue weighted by Crippen LogP contribution is 1.89. The average molecular weight is 185 g/mol. The lowest BCUT2D eigenvalue weighted by Gasteiger charge is -2.09. The van der Waals surface area contributed by atoms with E-state index in [1.54, 1.807) is 19.1 Å². The Bertz CT molecular complexity index is 211. The zero-order valence-electron chi connectivity index (χ0n) is 8.16. The van der Waals surface area contributed by atoms with Crippen molar-refractivity contribution in [2.45, 2.75) is 26.3 Å². The fourth-order valence-electron chi connectivity index (χ4n) is 0.761. The molecule has 74 valence electrons. The molecule has 1 N–H and O–H groups in total. The maximum absolute atomic E-state index is 11.1. The van der Waals surface area contributed by atoms with Gasteiger partial charge < -0.3 is 10.1 Å². The van der Waals surface area contributed by atoms with Gasteiger partial charge in [-0.3, -0.25) is 4.79 Å². The smallest absolute Gasteiger partial charge is 0.328 e. The fourth-order valence-corrected chi connectivity index (χ4v) is 0.761. The molecule has 1 amide bonds. The van der Waals surface area contributed by atoms with Crippen LogP contribution < -0.4 is 5.32 Å². The van der Waals surface area contributed by atoms with E-state index in [0.717, 1.165) is 0 Å². The van der Waals surface area contributed by atoms with Crippen molar-refractivity contribution in [2.75, 3.05) is 7.11 Å². The lowest BCUT2D eigenvalue weighted by Crippen LogP contribution is -2.38. The van der Waals surface area contributed by atoms with Crippen LogP contribution >= 0.6 is 0 Å². The van der Waals surface area contributed by atoms with E-state index in [1.165, 1.54) is 7.11 Å². The van der Waals surface area contributed by atoms with Gasteiger partial charge in [-0.1, -0.05) is 12.2 Å². The summed E-state index contributed by atoms with van der Waals surface area (Å²) in [5, 5.41) is 2.50. The molecule has 0 rings (SSSR count). The van der Waals surface area contributed by atoms with Gasteiger partial charge in [0, 0.05) is 6.42 Å². The van der Waals surface area contributed by atoms with E-state index >= 15 is 0 Å². The molecule has 0 unspecified atom stereocenters. The van der Waals surface area contributed by atoms with Crippen molar-refractivity contribution in [3.8, 4) is 0 Å². The minimum absolute atomic E-state index is 0.184. The summed E-state index contributed by atoms with van der Waals surface area (Å²) in [6, 6.07) is -0.581. The first-order valence-electron chi connectivity index (χ1n) is 4.10. The van der Waals surface area contributed by atoms with Crippen molar-refractivity contribution in [1.29, 1.82) is 0 Å². The third-order valence-corrected chi connectivity index (χ3v) is 1.47. The van der Waals surface area contributed by atoms with Gasteiger partial charge in [0.05, 0.1) is 7.11 Å². The minimum atomic E-state index is -0.581. The number of hydrogen-bond acceptors (Lipinski definition) is 3. The van der Waals surface area contributed by atoms with Gasteiger partial charge in [0.1, 0.15) is 6.04 Å². The second kappa shape index (κ2) is 6.22. The molecule has 4 nitrogen and oxygen atoms in total. The number of rotatable bonds is 4. The van der Waals surface area contributed by atoms with Gasteiger partial charge in [0.25, 0.3) is 0 Å². The van der Waals surface area contributed by atoms with Crippen LogP contribution in [0.25, 0.3) is 0 Å². The van der Waals surface area contributed by atoms with E-state index in [0.29, 0.717) is 0 Å². The predicted octanol–water partition coefficient (Wildman–Crippen LogP) is 0.630. The van der Waals surface area contributed by atoms with Crippen molar-refractivity contribution < 1.29 is 14.3 Å². The van der Waals surface area contributed by atoms with Crippen LogP contribution in [0.4, 0.5) is 0 Å². The highest BCUT2D eigenvalue weighted by Gasteiger charge is 2.14. The predicted molar refractivity (Wildman–Crippen MR) is 49.1 cm³/mol. The third-order valence-electron chi connectivity index (χ3n) is 1.47. The Morgan fingerprint density at radius 3 is 2.62 bits per heavy atom. The van der Waals surface area contributed by atoms with Gasteiger partial charge >= 0.3 is 5.97 Å². The van der Waals surface area contributed by atoms with E-state index in [2.05, 4.69) is 10.1 Å². The monoisotopic (exact) mass is 185 g/mol. The molecule has 0 aliphatic rings. The van der Waals surface area contributed by atoms with Gasteiger partial charge in [0.15, 0.2) is 0 Å². The van der Waals surface area contributed by atoms with Crippen LogP contribution in [0, 0.1) is 0 Å². The number of methoxy groups -OCH3 is 1. The molecule has 1 atom stereocenters.